The van der Waals surface area contributed by atoms with Crippen molar-refractivity contribution in [3.05, 3.63) is 69.8 Å². The van der Waals surface area contributed by atoms with Gasteiger partial charge in [0.1, 0.15) is 6.61 Å². The summed E-state index contributed by atoms with van der Waals surface area (Å²) >= 11 is 0. The van der Waals surface area contributed by atoms with Crippen LogP contribution in [0, 0.1) is 15.5 Å². The van der Waals surface area contributed by atoms with E-state index in [9.17, 15) is 10.1 Å². The molecule has 2 aromatic rings. The highest BCUT2D eigenvalue weighted by atomic mass is 16.6. The average molecular weight is 285 g/mol. The molecule has 0 aliphatic rings. The van der Waals surface area contributed by atoms with Crippen molar-refractivity contribution in [3.63, 3.8) is 0 Å². The van der Waals surface area contributed by atoms with Gasteiger partial charge in [-0.1, -0.05) is 30.3 Å². The van der Waals surface area contributed by atoms with Gasteiger partial charge < -0.3 is 10.1 Å². The van der Waals surface area contributed by atoms with Crippen molar-refractivity contribution in [2.45, 2.75) is 6.61 Å². The summed E-state index contributed by atoms with van der Waals surface area (Å²) < 4.78 is 5.41. The Bertz CT molecular complexity index is 656. The molecule has 2 N–H and O–H groups in total. The molecule has 21 heavy (non-hydrogen) atoms. The largest absolute Gasteiger partial charge is 0.473 e. The number of anilines is 1. The smallest absolute Gasteiger partial charge is 0.270 e. The average Bonchev–Trinajstić information content (AvgIpc) is 2.52. The molecule has 0 unspecified atom stereocenters. The van der Waals surface area contributed by atoms with Crippen molar-refractivity contribution < 1.29 is 9.66 Å². The minimum atomic E-state index is -0.493. The van der Waals surface area contributed by atoms with Crippen LogP contribution in [-0.4, -0.2) is 17.9 Å². The highest BCUT2D eigenvalue weighted by Gasteiger charge is 2.14. The normalized spacial score (nSPS) is 9.95. The number of nitrogens with zero attached hydrogens (tertiary/aromatic N) is 1. The van der Waals surface area contributed by atoms with Gasteiger partial charge in [-0.05, 0) is 11.6 Å². The number of nitro benzene ring substituents is 1. The Morgan fingerprint density at radius 1 is 1.29 bits per heavy atom. The van der Waals surface area contributed by atoms with Gasteiger partial charge in [0.15, 0.2) is 0 Å². The third-order valence-corrected chi connectivity index (χ3v) is 2.95. The monoisotopic (exact) mass is 285 g/mol. The van der Waals surface area contributed by atoms with Crippen molar-refractivity contribution in [1.82, 2.24) is 0 Å². The van der Waals surface area contributed by atoms with E-state index in [2.05, 4.69) is 5.32 Å². The van der Waals surface area contributed by atoms with Crippen LogP contribution in [0.2, 0.25) is 0 Å². The van der Waals surface area contributed by atoms with Gasteiger partial charge in [0.05, 0.1) is 10.5 Å². The number of hydrogen-bond acceptors (Lipinski definition) is 5. The lowest BCUT2D eigenvalue weighted by Crippen LogP contribution is -2.09. The Morgan fingerprint density at radius 2 is 2.00 bits per heavy atom. The predicted octanol–water partition coefficient (Wildman–Crippen LogP) is 3.18. The van der Waals surface area contributed by atoms with E-state index in [4.69, 9.17) is 10.1 Å². The number of benzene rings is 2. The number of nitro groups is 1. The molecule has 6 heteroatoms. The van der Waals surface area contributed by atoms with Gasteiger partial charge in [-0.3, -0.25) is 15.5 Å². The molecular weight excluding hydrogens is 270 g/mol. The van der Waals surface area contributed by atoms with E-state index >= 15 is 0 Å². The third-order valence-electron chi connectivity index (χ3n) is 2.95. The fourth-order valence-corrected chi connectivity index (χ4v) is 1.86. The fourth-order valence-electron chi connectivity index (χ4n) is 1.86. The maximum Gasteiger partial charge on any atom is 0.270 e. The summed E-state index contributed by atoms with van der Waals surface area (Å²) in [4.78, 5) is 10.3. The second-order valence-electron chi connectivity index (χ2n) is 4.34. The highest BCUT2D eigenvalue weighted by Crippen LogP contribution is 2.23. The molecule has 2 aromatic carbocycles. The molecule has 0 fully saturated rings. The van der Waals surface area contributed by atoms with Crippen LogP contribution >= 0.6 is 0 Å². The number of non-ortho nitro benzene ring substituents is 1. The van der Waals surface area contributed by atoms with Crippen LogP contribution < -0.4 is 5.32 Å². The summed E-state index contributed by atoms with van der Waals surface area (Å²) in [6.45, 7) is 0.242. The molecule has 0 spiro atoms. The van der Waals surface area contributed by atoms with Crippen molar-refractivity contribution in [3.8, 4) is 0 Å². The molecule has 0 radical (unpaired) electrons. The van der Waals surface area contributed by atoms with Crippen LogP contribution in [0.5, 0.6) is 0 Å². The lowest BCUT2D eigenvalue weighted by molar-refractivity contribution is -0.384. The first-order valence-electron chi connectivity index (χ1n) is 6.33. The Hall–Kier alpha value is -2.89. The summed E-state index contributed by atoms with van der Waals surface area (Å²) in [6.07, 6.45) is 0. The molecule has 0 bridgehead atoms. The van der Waals surface area contributed by atoms with E-state index in [1.165, 1.54) is 12.1 Å². The molecule has 0 amide bonds. The van der Waals surface area contributed by atoms with Gasteiger partial charge in [0, 0.05) is 24.9 Å². The molecular formula is C15H15N3O3. The molecule has 2 rings (SSSR count). The second-order valence-corrected chi connectivity index (χ2v) is 4.34. The SMILES string of the molecule is CNc1ccc([N+](=O)[O-])cc1C(=N)OCc1ccccc1. The molecule has 0 aliphatic carbocycles. The molecule has 0 aliphatic heterocycles. The summed E-state index contributed by atoms with van der Waals surface area (Å²) in [5, 5.41) is 21.7. The van der Waals surface area contributed by atoms with E-state index in [0.717, 1.165) is 5.56 Å². The third kappa shape index (κ3) is 3.56. The zero-order valence-electron chi connectivity index (χ0n) is 11.5. The minimum absolute atomic E-state index is 0.0722. The maximum absolute atomic E-state index is 10.8. The first-order valence-corrected chi connectivity index (χ1v) is 6.33. The predicted molar refractivity (Wildman–Crippen MR) is 80.7 cm³/mol. The van der Waals surface area contributed by atoms with E-state index in [-0.39, 0.29) is 18.2 Å². The van der Waals surface area contributed by atoms with Crippen LogP contribution in [0.3, 0.4) is 0 Å². The molecule has 108 valence electrons. The molecule has 0 saturated heterocycles. The van der Waals surface area contributed by atoms with E-state index < -0.39 is 4.92 Å². The number of nitrogens with one attached hydrogen (secondary N) is 2. The Kier molecular flexibility index (Phi) is 4.50. The number of hydrogen-bond donors (Lipinski definition) is 2. The Morgan fingerprint density at radius 3 is 2.62 bits per heavy atom. The maximum atomic E-state index is 10.8. The first kappa shape index (κ1) is 14.5. The zero-order chi connectivity index (χ0) is 15.2. The van der Waals surface area contributed by atoms with Gasteiger partial charge in [-0.15, -0.1) is 0 Å². The van der Waals surface area contributed by atoms with Crippen molar-refractivity contribution in [1.29, 1.82) is 5.41 Å². The van der Waals surface area contributed by atoms with Crippen molar-refractivity contribution >= 4 is 17.3 Å². The fraction of sp³-hybridized carbons (Fsp3) is 0.133. The lowest BCUT2D eigenvalue weighted by Gasteiger charge is -2.11. The first-order chi connectivity index (χ1) is 10.1. The van der Waals surface area contributed by atoms with Crippen LogP contribution in [0.15, 0.2) is 48.5 Å². The van der Waals surface area contributed by atoms with E-state index in [0.29, 0.717) is 11.3 Å². The zero-order valence-corrected chi connectivity index (χ0v) is 11.5. The quantitative estimate of drug-likeness (QED) is 0.382. The molecule has 0 heterocycles. The van der Waals surface area contributed by atoms with Crippen LogP contribution in [-0.2, 0) is 11.3 Å². The lowest BCUT2D eigenvalue weighted by atomic mass is 10.1. The van der Waals surface area contributed by atoms with Gasteiger partial charge in [-0.2, -0.15) is 0 Å². The van der Waals surface area contributed by atoms with Crippen molar-refractivity contribution in [2.24, 2.45) is 0 Å². The van der Waals surface area contributed by atoms with Crippen LogP contribution in [0.4, 0.5) is 11.4 Å². The molecule has 0 saturated carbocycles. The summed E-state index contributed by atoms with van der Waals surface area (Å²) in [6, 6.07) is 13.7. The van der Waals surface area contributed by atoms with Crippen LogP contribution in [0.1, 0.15) is 11.1 Å². The molecule has 0 aromatic heterocycles. The Balaban J connectivity index is 2.17. The van der Waals surface area contributed by atoms with E-state index in [1.807, 2.05) is 30.3 Å². The standard InChI is InChI=1S/C15H15N3O3/c1-17-14-8-7-12(18(19)20)9-13(14)15(16)21-10-11-5-3-2-4-6-11/h2-9,16-17H,10H2,1H3. The van der Waals surface area contributed by atoms with Gasteiger partial charge >= 0.3 is 0 Å². The highest BCUT2D eigenvalue weighted by molar-refractivity contribution is 5.98. The van der Waals surface area contributed by atoms with Gasteiger partial charge in [0.2, 0.25) is 5.90 Å². The second kappa shape index (κ2) is 6.51. The number of ether oxygens (including phenoxy) is 1. The molecule has 6 nitrogen and oxygen atoms in total. The minimum Gasteiger partial charge on any atom is -0.473 e. The van der Waals surface area contributed by atoms with Gasteiger partial charge in [-0.25, -0.2) is 0 Å². The summed E-state index contributed by atoms with van der Waals surface area (Å²) in [5.74, 6) is -0.105. The number of rotatable bonds is 5. The summed E-state index contributed by atoms with van der Waals surface area (Å²) in [5.41, 5.74) is 1.83. The molecule has 0 atom stereocenters. The topological polar surface area (TPSA) is 88.3 Å². The van der Waals surface area contributed by atoms with Crippen LogP contribution in [0.25, 0.3) is 0 Å². The van der Waals surface area contributed by atoms with E-state index in [1.54, 1.807) is 13.1 Å². The van der Waals surface area contributed by atoms with Crippen molar-refractivity contribution in [2.75, 3.05) is 12.4 Å². The Labute approximate surface area is 122 Å². The summed E-state index contributed by atoms with van der Waals surface area (Å²) in [7, 11) is 1.69. The van der Waals surface area contributed by atoms with Gasteiger partial charge in [0.25, 0.3) is 5.69 Å².